The Morgan fingerprint density at radius 3 is 1.92 bits per heavy atom. The van der Waals surface area contributed by atoms with Crippen molar-refractivity contribution in [2.75, 3.05) is 40.4 Å². The van der Waals surface area contributed by atoms with Crippen LogP contribution < -0.4 is 32.3 Å². The molecular weight excluding hydrogens is 853 g/mol. The van der Waals surface area contributed by atoms with E-state index in [2.05, 4.69) is 33.5 Å². The van der Waals surface area contributed by atoms with Crippen LogP contribution in [0.15, 0.2) is 36.4 Å². The number of nitrogens with zero attached hydrogens (tertiary/aromatic N) is 2. The summed E-state index contributed by atoms with van der Waals surface area (Å²) < 4.78 is 0. The van der Waals surface area contributed by atoms with E-state index < -0.39 is 78.9 Å². The molecule has 0 aliphatic carbocycles. The maximum absolute atomic E-state index is 14.0. The number of amides is 7. The van der Waals surface area contributed by atoms with E-state index in [1.807, 2.05) is 0 Å². The number of rotatable bonds is 25. The number of likely N-dealkylation sites (N-methyl/N-ethyl adjacent to an activating group) is 2. The third-order valence-corrected chi connectivity index (χ3v) is 11.8. The molecule has 2 aromatic rings. The summed E-state index contributed by atoms with van der Waals surface area (Å²) >= 11 is 0. The minimum atomic E-state index is -1.70. The van der Waals surface area contributed by atoms with E-state index in [0.717, 1.165) is 35.5 Å². The summed E-state index contributed by atoms with van der Waals surface area (Å²) in [6, 6.07) is 3.13. The Bertz CT molecular complexity index is 1950. The minimum Gasteiger partial charge on any atom is -0.507 e. The molecule has 0 unspecified atom stereocenters. The standard InChI is InChI=1S/C47H72N8O11/c1-5-6-7-8-9-10-11-12-13-14-15-16-17-18-39(60)54(3)36(29-57)45(64)53-42(48)47(66)50-28-40(61)55(4)41-32-20-22-38(59)34(27-32)33-25-31(19-21-37(33)58)26-35(44(63)49-23-24-56)52-43(62)30(2)51-46(41)65/h19-22,25,27,30,35-36,41-42,56-59H,5-18,23-24,26,28-29,48H2,1-4H3,(H,49,63)(H,50,66)(H,51,65)(H,52,62)(H,53,64)/t30-,35-,36+,41-,42-/m0/s1. The molecule has 5 atom stereocenters. The summed E-state index contributed by atoms with van der Waals surface area (Å²) in [6.07, 6.45) is 13.4. The first-order valence-electron chi connectivity index (χ1n) is 23.1. The number of nitrogens with two attached hydrogens (primary N) is 1. The number of hydrogen-bond donors (Lipinski definition) is 10. The molecule has 0 saturated heterocycles. The largest absolute Gasteiger partial charge is 0.507 e. The number of aliphatic hydroxyl groups is 2. The van der Waals surface area contributed by atoms with Crippen LogP contribution in [0.25, 0.3) is 11.1 Å². The molecule has 1 aliphatic heterocycles. The second kappa shape index (κ2) is 28.3. The first-order valence-corrected chi connectivity index (χ1v) is 23.1. The normalized spacial score (nSPS) is 17.0. The van der Waals surface area contributed by atoms with Gasteiger partial charge in [-0.05, 0) is 48.7 Å². The van der Waals surface area contributed by atoms with Crippen molar-refractivity contribution < 1.29 is 54.0 Å². The molecule has 0 spiro atoms. The molecule has 0 saturated carbocycles. The van der Waals surface area contributed by atoms with Gasteiger partial charge in [0.05, 0.1) is 19.8 Å². The van der Waals surface area contributed by atoms with Crippen LogP contribution >= 0.6 is 0 Å². The SMILES string of the molecule is CCCCCCCCCCCCCCCC(=O)N(C)[C@H](CO)C(=O)N[C@H](N)C(=O)NCC(=O)N(C)[C@@H]1C(=O)N[C@@H](C)C(=O)N[C@H](C(=O)NCCO)Cc2ccc(O)c(c2)-c2cc1ccc2O. The van der Waals surface area contributed by atoms with Crippen LogP contribution in [-0.4, -0.2) is 136 Å². The number of phenolic OH excluding ortho intramolecular Hbond substituents is 2. The molecule has 11 N–H and O–H groups in total. The molecule has 3 rings (SSSR count). The molecule has 7 amide bonds. The lowest BCUT2D eigenvalue weighted by atomic mass is 9.93. The zero-order valence-electron chi connectivity index (χ0n) is 38.9. The smallest absolute Gasteiger partial charge is 0.257 e. The van der Waals surface area contributed by atoms with Crippen LogP contribution in [0.4, 0.5) is 0 Å². The highest BCUT2D eigenvalue weighted by molar-refractivity contribution is 5.96. The van der Waals surface area contributed by atoms with Gasteiger partial charge in [0.2, 0.25) is 35.4 Å². The molecule has 366 valence electrons. The number of benzene rings is 2. The molecule has 0 radical (unpaired) electrons. The van der Waals surface area contributed by atoms with Crippen LogP contribution in [0.2, 0.25) is 0 Å². The molecule has 0 aromatic heterocycles. The summed E-state index contributed by atoms with van der Waals surface area (Å²) in [4.78, 5) is 95.3. The van der Waals surface area contributed by atoms with E-state index in [9.17, 15) is 54.0 Å². The van der Waals surface area contributed by atoms with Crippen molar-refractivity contribution in [3.8, 4) is 22.6 Å². The first-order chi connectivity index (χ1) is 31.5. The predicted octanol–water partition coefficient (Wildman–Crippen LogP) is 1.74. The maximum atomic E-state index is 14.0. The van der Waals surface area contributed by atoms with Crippen molar-refractivity contribution in [2.45, 2.75) is 140 Å². The number of aromatic hydroxyl groups is 2. The zero-order valence-corrected chi connectivity index (χ0v) is 38.9. The third-order valence-electron chi connectivity index (χ3n) is 11.8. The first kappa shape index (κ1) is 54.5. The van der Waals surface area contributed by atoms with Gasteiger partial charge in [0.15, 0.2) is 6.17 Å². The molecule has 66 heavy (non-hydrogen) atoms. The van der Waals surface area contributed by atoms with Gasteiger partial charge < -0.3 is 62.5 Å². The van der Waals surface area contributed by atoms with Gasteiger partial charge in [0, 0.05) is 44.6 Å². The summed E-state index contributed by atoms with van der Waals surface area (Å²) in [6.45, 7) is 1.67. The van der Waals surface area contributed by atoms with Gasteiger partial charge in [0.1, 0.15) is 35.7 Å². The molecule has 0 fully saturated rings. The van der Waals surface area contributed by atoms with Crippen molar-refractivity contribution >= 4 is 41.4 Å². The highest BCUT2D eigenvalue weighted by Crippen LogP contribution is 2.38. The Hall–Kier alpha value is -5.79. The zero-order chi connectivity index (χ0) is 48.8. The Morgan fingerprint density at radius 2 is 1.33 bits per heavy atom. The number of carbonyl (C=O) groups excluding carboxylic acids is 7. The van der Waals surface area contributed by atoms with Crippen molar-refractivity contribution in [2.24, 2.45) is 5.73 Å². The number of carbonyl (C=O) groups is 7. The maximum Gasteiger partial charge on any atom is 0.257 e. The molecular formula is C47H72N8O11. The highest BCUT2D eigenvalue weighted by atomic mass is 16.3. The van der Waals surface area contributed by atoms with Crippen LogP contribution in [0, 0.1) is 0 Å². The van der Waals surface area contributed by atoms with E-state index >= 15 is 0 Å². The van der Waals surface area contributed by atoms with E-state index in [-0.39, 0.29) is 60.1 Å². The third kappa shape index (κ3) is 16.9. The van der Waals surface area contributed by atoms with E-state index in [0.29, 0.717) is 12.0 Å². The molecule has 2 aromatic carbocycles. The number of phenols is 2. The Kier molecular flexibility index (Phi) is 23.4. The van der Waals surface area contributed by atoms with Crippen molar-refractivity contribution in [3.63, 3.8) is 0 Å². The summed E-state index contributed by atoms with van der Waals surface area (Å²) in [5.74, 6) is -5.86. The Morgan fingerprint density at radius 1 is 0.758 bits per heavy atom. The minimum absolute atomic E-state index is 0.0609. The lowest BCUT2D eigenvalue weighted by molar-refractivity contribution is -0.142. The highest BCUT2D eigenvalue weighted by Gasteiger charge is 2.34. The van der Waals surface area contributed by atoms with Crippen LogP contribution in [-0.2, 0) is 40.0 Å². The number of fused-ring (bicyclic) bond motifs is 5. The van der Waals surface area contributed by atoms with E-state index in [1.165, 1.54) is 109 Å². The number of aliphatic hydroxyl groups excluding tert-OH is 2. The second-order valence-corrected chi connectivity index (χ2v) is 16.9. The monoisotopic (exact) mass is 925 g/mol. The summed E-state index contributed by atoms with van der Waals surface area (Å²) in [7, 11) is 2.64. The van der Waals surface area contributed by atoms with E-state index in [4.69, 9.17) is 5.73 Å². The average Bonchev–Trinajstić information content (AvgIpc) is 3.29. The molecule has 19 nitrogen and oxygen atoms in total. The van der Waals surface area contributed by atoms with Gasteiger partial charge in [-0.2, -0.15) is 0 Å². The predicted molar refractivity (Wildman–Crippen MR) is 247 cm³/mol. The number of nitrogens with one attached hydrogen (secondary N) is 5. The van der Waals surface area contributed by atoms with Gasteiger partial charge in [0.25, 0.3) is 5.91 Å². The fraction of sp³-hybridized carbons (Fsp3) is 0.596. The fourth-order valence-electron chi connectivity index (χ4n) is 7.70. The van der Waals surface area contributed by atoms with E-state index in [1.54, 1.807) is 0 Å². The van der Waals surface area contributed by atoms with Crippen LogP contribution in [0.5, 0.6) is 11.5 Å². The summed E-state index contributed by atoms with van der Waals surface area (Å²) in [5, 5.41) is 53.3. The van der Waals surface area contributed by atoms with Gasteiger partial charge in [-0.25, -0.2) is 0 Å². The molecule has 1 heterocycles. The second-order valence-electron chi connectivity index (χ2n) is 16.9. The van der Waals surface area contributed by atoms with Gasteiger partial charge in [-0.15, -0.1) is 0 Å². The van der Waals surface area contributed by atoms with Crippen molar-refractivity contribution in [3.05, 3.63) is 47.5 Å². The van der Waals surface area contributed by atoms with Crippen molar-refractivity contribution in [1.29, 1.82) is 0 Å². The molecule has 4 bridgehead atoms. The Balaban J connectivity index is 1.63. The van der Waals surface area contributed by atoms with Crippen molar-refractivity contribution in [1.82, 2.24) is 36.4 Å². The van der Waals surface area contributed by atoms with Crippen LogP contribution in [0.1, 0.15) is 121 Å². The average molecular weight is 925 g/mol. The van der Waals surface area contributed by atoms with Crippen LogP contribution in [0.3, 0.4) is 0 Å². The lowest BCUT2D eigenvalue weighted by Crippen LogP contribution is -2.59. The molecule has 1 aliphatic rings. The van der Waals surface area contributed by atoms with Gasteiger partial charge in [-0.3, -0.25) is 33.6 Å². The fourth-order valence-corrected chi connectivity index (χ4v) is 7.70. The Labute approximate surface area is 387 Å². The lowest BCUT2D eigenvalue weighted by Gasteiger charge is -2.30. The number of unbranched alkanes of at least 4 members (excludes halogenated alkanes) is 12. The van der Waals surface area contributed by atoms with Gasteiger partial charge >= 0.3 is 0 Å². The quantitative estimate of drug-likeness (QED) is 0.0504. The van der Waals surface area contributed by atoms with Gasteiger partial charge in [-0.1, -0.05) is 96.1 Å². The topological polar surface area (TPSA) is 293 Å². The summed E-state index contributed by atoms with van der Waals surface area (Å²) in [5.41, 5.74) is 6.77. The molecule has 19 heteroatoms. The number of hydrogen-bond acceptors (Lipinski definition) is 12.